The molecule has 1 aliphatic carbocycles. The standard InChI is InChI=1S/C14H29IOSi/c1-14(2,17(3,4)16)10-9-12-5-7-13(11-15)8-6-12/h12-13,16H,5-11H2,1-4H3/t12-,13-. The highest BCUT2D eigenvalue weighted by atomic mass is 127. The third kappa shape index (κ3) is 4.82. The van der Waals surface area contributed by atoms with Crippen molar-refractivity contribution in [3.8, 4) is 0 Å². The quantitative estimate of drug-likeness (QED) is 0.412. The molecule has 0 aromatic heterocycles. The average molecular weight is 368 g/mol. The van der Waals surface area contributed by atoms with Crippen LogP contribution in [0, 0.1) is 11.8 Å². The predicted molar refractivity (Wildman–Crippen MR) is 87.3 cm³/mol. The number of hydrogen-bond donors (Lipinski definition) is 1. The number of halogens is 1. The lowest BCUT2D eigenvalue weighted by molar-refractivity contribution is 0.267. The minimum absolute atomic E-state index is 0.174. The van der Waals surface area contributed by atoms with E-state index in [1.54, 1.807) is 0 Å². The zero-order valence-electron chi connectivity index (χ0n) is 11.9. The SMILES string of the molecule is CC(C)(CC[C@H]1CC[C@H](CI)CC1)[Si](C)(C)O. The summed E-state index contributed by atoms with van der Waals surface area (Å²) in [4.78, 5) is 10.3. The maximum atomic E-state index is 10.3. The van der Waals surface area contributed by atoms with E-state index in [1.807, 2.05) is 0 Å². The van der Waals surface area contributed by atoms with Crippen molar-refractivity contribution < 1.29 is 4.80 Å². The maximum Gasteiger partial charge on any atom is 0.188 e. The Hall–Kier alpha value is 0.907. The van der Waals surface area contributed by atoms with Gasteiger partial charge >= 0.3 is 0 Å². The molecule has 1 fully saturated rings. The van der Waals surface area contributed by atoms with Gasteiger partial charge in [0.15, 0.2) is 8.32 Å². The summed E-state index contributed by atoms with van der Waals surface area (Å²) >= 11 is 2.53. The van der Waals surface area contributed by atoms with Gasteiger partial charge in [-0.2, -0.15) is 0 Å². The fourth-order valence-corrected chi connectivity index (χ4v) is 4.18. The van der Waals surface area contributed by atoms with Crippen molar-refractivity contribution in [3.05, 3.63) is 0 Å². The van der Waals surface area contributed by atoms with Gasteiger partial charge in [-0.25, -0.2) is 0 Å². The average Bonchev–Trinajstić information content (AvgIpc) is 2.25. The van der Waals surface area contributed by atoms with Crippen molar-refractivity contribution in [2.45, 2.75) is 70.5 Å². The summed E-state index contributed by atoms with van der Waals surface area (Å²) in [6.07, 6.45) is 8.27. The molecule has 0 amide bonds. The maximum absolute atomic E-state index is 10.3. The summed E-state index contributed by atoms with van der Waals surface area (Å²) in [5, 5.41) is 0.174. The highest BCUT2D eigenvalue weighted by Crippen LogP contribution is 2.43. The molecule has 1 saturated carbocycles. The third-order valence-corrected chi connectivity index (χ3v) is 9.83. The van der Waals surface area contributed by atoms with Gasteiger partial charge in [-0.1, -0.05) is 55.7 Å². The first-order valence-corrected chi connectivity index (χ1v) is 11.5. The molecule has 1 nitrogen and oxygen atoms in total. The van der Waals surface area contributed by atoms with Gasteiger partial charge in [0.25, 0.3) is 0 Å². The van der Waals surface area contributed by atoms with Gasteiger partial charge in [0.1, 0.15) is 0 Å². The number of alkyl halides is 1. The third-order valence-electron chi connectivity index (χ3n) is 5.02. The topological polar surface area (TPSA) is 20.2 Å². The molecular weight excluding hydrogens is 339 g/mol. The lowest BCUT2D eigenvalue weighted by atomic mass is 9.80. The van der Waals surface area contributed by atoms with Crippen molar-refractivity contribution in [3.63, 3.8) is 0 Å². The van der Waals surface area contributed by atoms with Crippen LogP contribution in [0.25, 0.3) is 0 Å². The van der Waals surface area contributed by atoms with E-state index < -0.39 is 8.32 Å². The number of rotatable bonds is 5. The monoisotopic (exact) mass is 368 g/mol. The molecular formula is C14H29IOSi. The van der Waals surface area contributed by atoms with Crippen LogP contribution in [0.4, 0.5) is 0 Å². The minimum atomic E-state index is -1.99. The Labute approximate surface area is 122 Å². The van der Waals surface area contributed by atoms with Gasteiger partial charge in [0.05, 0.1) is 0 Å². The normalized spacial score (nSPS) is 27.2. The molecule has 0 aliphatic heterocycles. The van der Waals surface area contributed by atoms with Crippen LogP contribution in [0.3, 0.4) is 0 Å². The Kier molecular flexibility index (Phi) is 5.98. The van der Waals surface area contributed by atoms with Gasteiger partial charge in [0, 0.05) is 4.43 Å². The molecule has 1 N–H and O–H groups in total. The summed E-state index contributed by atoms with van der Waals surface area (Å²) in [6, 6.07) is 0. The molecule has 0 heterocycles. The van der Waals surface area contributed by atoms with Gasteiger partial charge < -0.3 is 4.80 Å². The van der Waals surface area contributed by atoms with E-state index in [1.165, 1.54) is 43.0 Å². The van der Waals surface area contributed by atoms with E-state index in [0.717, 1.165) is 11.8 Å². The molecule has 0 radical (unpaired) electrons. The smallest absolute Gasteiger partial charge is 0.188 e. The lowest BCUT2D eigenvalue weighted by Crippen LogP contribution is -2.39. The molecule has 0 bridgehead atoms. The van der Waals surface area contributed by atoms with Crippen LogP contribution in [0.2, 0.25) is 18.1 Å². The van der Waals surface area contributed by atoms with Gasteiger partial charge in [-0.05, 0) is 49.2 Å². The minimum Gasteiger partial charge on any atom is -0.432 e. The molecule has 1 rings (SSSR count). The number of hydrogen-bond acceptors (Lipinski definition) is 1. The van der Waals surface area contributed by atoms with E-state index >= 15 is 0 Å². The zero-order valence-corrected chi connectivity index (χ0v) is 15.1. The molecule has 3 heteroatoms. The fourth-order valence-electron chi connectivity index (χ4n) is 2.55. The van der Waals surface area contributed by atoms with Crippen LogP contribution in [-0.4, -0.2) is 17.5 Å². The Bertz CT molecular complexity index is 227. The van der Waals surface area contributed by atoms with Crippen molar-refractivity contribution in [2.24, 2.45) is 11.8 Å². The molecule has 102 valence electrons. The first-order chi connectivity index (χ1) is 7.76. The molecule has 0 spiro atoms. The van der Waals surface area contributed by atoms with Crippen LogP contribution < -0.4 is 0 Å². The molecule has 0 atom stereocenters. The Balaban J connectivity index is 2.33. The van der Waals surface area contributed by atoms with Gasteiger partial charge in [0.2, 0.25) is 0 Å². The second-order valence-electron chi connectivity index (χ2n) is 7.02. The first-order valence-electron chi connectivity index (χ1n) is 7.04. The second-order valence-corrected chi connectivity index (χ2v) is 12.4. The van der Waals surface area contributed by atoms with Crippen LogP contribution in [0.1, 0.15) is 52.4 Å². The molecule has 0 aromatic rings. The van der Waals surface area contributed by atoms with E-state index in [-0.39, 0.29) is 5.04 Å². The van der Waals surface area contributed by atoms with Crippen LogP contribution in [-0.2, 0) is 0 Å². The van der Waals surface area contributed by atoms with Crippen molar-refractivity contribution in [1.82, 2.24) is 0 Å². The van der Waals surface area contributed by atoms with Gasteiger partial charge in [-0.15, -0.1) is 0 Å². The lowest BCUT2D eigenvalue weighted by Gasteiger charge is -2.37. The summed E-state index contributed by atoms with van der Waals surface area (Å²) in [5.74, 6) is 1.92. The Morgan fingerprint density at radius 3 is 2.00 bits per heavy atom. The van der Waals surface area contributed by atoms with Crippen molar-refractivity contribution in [2.75, 3.05) is 4.43 Å². The molecule has 17 heavy (non-hydrogen) atoms. The highest BCUT2D eigenvalue weighted by Gasteiger charge is 2.38. The summed E-state index contributed by atoms with van der Waals surface area (Å²) in [6.45, 7) is 8.69. The summed E-state index contributed by atoms with van der Waals surface area (Å²) in [7, 11) is -1.99. The van der Waals surface area contributed by atoms with E-state index in [9.17, 15) is 4.80 Å². The van der Waals surface area contributed by atoms with E-state index in [2.05, 4.69) is 49.5 Å². The van der Waals surface area contributed by atoms with Crippen LogP contribution in [0.5, 0.6) is 0 Å². The Morgan fingerprint density at radius 1 is 1.12 bits per heavy atom. The summed E-state index contributed by atoms with van der Waals surface area (Å²) in [5.41, 5.74) is 0. The molecule has 0 aromatic carbocycles. The first kappa shape index (κ1) is 16.0. The largest absolute Gasteiger partial charge is 0.432 e. The van der Waals surface area contributed by atoms with Crippen LogP contribution in [0.15, 0.2) is 0 Å². The molecule has 1 aliphatic rings. The molecule has 0 unspecified atom stereocenters. The predicted octanol–water partition coefficient (Wildman–Crippen LogP) is 4.99. The van der Waals surface area contributed by atoms with E-state index in [4.69, 9.17) is 0 Å². The van der Waals surface area contributed by atoms with Crippen molar-refractivity contribution in [1.29, 1.82) is 0 Å². The molecule has 0 saturated heterocycles. The van der Waals surface area contributed by atoms with Crippen LogP contribution >= 0.6 is 22.6 Å². The summed E-state index contributed by atoms with van der Waals surface area (Å²) < 4.78 is 1.34. The van der Waals surface area contributed by atoms with Gasteiger partial charge in [-0.3, -0.25) is 0 Å². The van der Waals surface area contributed by atoms with E-state index in [0.29, 0.717) is 0 Å². The zero-order chi connectivity index (χ0) is 13.1. The second kappa shape index (κ2) is 6.37. The van der Waals surface area contributed by atoms with Crippen molar-refractivity contribution >= 4 is 30.9 Å². The fraction of sp³-hybridized carbons (Fsp3) is 1.00. The highest BCUT2D eigenvalue weighted by molar-refractivity contribution is 14.1. The Morgan fingerprint density at radius 2 is 1.59 bits per heavy atom.